The molecule has 11 heteroatoms. The van der Waals surface area contributed by atoms with Gasteiger partial charge in [0.05, 0.1) is 5.02 Å². The standard InChI is InChI=1S/C16H15Cl3N2O5S/c1-9(16(23)20-24)21(8-10-4-2-3-5-12(10)18)27(25,26)14-7-11(17)6-13(19)15(14)22/h2-7,9,22,24H,8H2,1H3,(H,20,23). The Labute approximate surface area is 171 Å². The molecule has 0 saturated carbocycles. The van der Waals surface area contributed by atoms with E-state index in [1.165, 1.54) is 18.5 Å². The maximum absolute atomic E-state index is 13.2. The topological polar surface area (TPSA) is 107 Å². The normalized spacial score (nSPS) is 12.8. The number of hydrogen-bond acceptors (Lipinski definition) is 5. The molecule has 1 amide bonds. The van der Waals surface area contributed by atoms with Gasteiger partial charge in [0.15, 0.2) is 5.75 Å². The number of halogens is 3. The molecule has 2 rings (SSSR count). The number of phenolic OH excluding ortho intramolecular Hbond substituents is 1. The summed E-state index contributed by atoms with van der Waals surface area (Å²) in [4.78, 5) is 11.3. The number of hydrogen-bond donors (Lipinski definition) is 3. The monoisotopic (exact) mass is 452 g/mol. The van der Waals surface area contributed by atoms with Crippen LogP contribution >= 0.6 is 34.8 Å². The van der Waals surface area contributed by atoms with Crippen LogP contribution in [0, 0.1) is 0 Å². The van der Waals surface area contributed by atoms with Crippen LogP contribution in [0.2, 0.25) is 15.1 Å². The molecular formula is C16H15Cl3N2O5S. The fourth-order valence-corrected chi connectivity index (χ4v) is 4.83. The van der Waals surface area contributed by atoms with Gasteiger partial charge in [0.2, 0.25) is 10.0 Å². The Hall–Kier alpha value is -1.55. The zero-order chi connectivity index (χ0) is 20.4. The van der Waals surface area contributed by atoms with Gasteiger partial charge in [0, 0.05) is 16.6 Å². The van der Waals surface area contributed by atoms with E-state index in [-0.39, 0.29) is 21.6 Å². The van der Waals surface area contributed by atoms with E-state index in [1.54, 1.807) is 24.3 Å². The van der Waals surface area contributed by atoms with E-state index in [9.17, 15) is 18.3 Å². The lowest BCUT2D eigenvalue weighted by Crippen LogP contribution is -2.46. The Bertz CT molecular complexity index is 969. The van der Waals surface area contributed by atoms with Gasteiger partial charge in [-0.1, -0.05) is 53.0 Å². The Morgan fingerprint density at radius 2 is 1.81 bits per heavy atom. The molecule has 7 nitrogen and oxygen atoms in total. The third-order valence-electron chi connectivity index (χ3n) is 3.79. The Morgan fingerprint density at radius 3 is 2.41 bits per heavy atom. The maximum Gasteiger partial charge on any atom is 0.261 e. The Balaban J connectivity index is 2.62. The van der Waals surface area contributed by atoms with Gasteiger partial charge in [-0.15, -0.1) is 0 Å². The maximum atomic E-state index is 13.2. The molecule has 146 valence electrons. The third kappa shape index (κ3) is 4.66. The van der Waals surface area contributed by atoms with Gasteiger partial charge in [-0.3, -0.25) is 10.0 Å². The van der Waals surface area contributed by atoms with E-state index in [1.807, 2.05) is 0 Å². The molecule has 0 aliphatic heterocycles. The quantitative estimate of drug-likeness (QED) is 0.459. The van der Waals surface area contributed by atoms with Gasteiger partial charge in [-0.2, -0.15) is 4.31 Å². The van der Waals surface area contributed by atoms with Gasteiger partial charge in [0.25, 0.3) is 5.91 Å². The van der Waals surface area contributed by atoms with Crippen molar-refractivity contribution in [1.29, 1.82) is 0 Å². The average Bonchev–Trinajstić information content (AvgIpc) is 2.62. The van der Waals surface area contributed by atoms with Crippen molar-refractivity contribution in [1.82, 2.24) is 9.79 Å². The molecule has 0 radical (unpaired) electrons. The van der Waals surface area contributed by atoms with Gasteiger partial charge in [-0.05, 0) is 30.7 Å². The lowest BCUT2D eigenvalue weighted by Gasteiger charge is -2.27. The molecule has 0 saturated heterocycles. The molecule has 0 spiro atoms. The first-order valence-corrected chi connectivity index (χ1v) is 10.0. The summed E-state index contributed by atoms with van der Waals surface area (Å²) in [6.45, 7) is 0.962. The van der Waals surface area contributed by atoms with Gasteiger partial charge in [0.1, 0.15) is 10.9 Å². The molecule has 27 heavy (non-hydrogen) atoms. The molecule has 2 aromatic carbocycles. The largest absolute Gasteiger partial charge is 0.505 e. The summed E-state index contributed by atoms with van der Waals surface area (Å²) in [5.41, 5.74) is 1.82. The van der Waals surface area contributed by atoms with Gasteiger partial charge in [-0.25, -0.2) is 13.9 Å². The summed E-state index contributed by atoms with van der Waals surface area (Å²) in [6, 6.07) is 7.31. The molecule has 0 heterocycles. The van der Waals surface area contributed by atoms with Crippen LogP contribution in [0.25, 0.3) is 0 Å². The second-order valence-electron chi connectivity index (χ2n) is 5.53. The first-order valence-electron chi connectivity index (χ1n) is 7.46. The number of sulfonamides is 1. The molecule has 0 bridgehead atoms. The zero-order valence-corrected chi connectivity index (χ0v) is 16.9. The van der Waals surface area contributed by atoms with Crippen LogP contribution in [0.15, 0.2) is 41.3 Å². The predicted molar refractivity (Wildman–Crippen MR) is 102 cm³/mol. The predicted octanol–water partition coefficient (Wildman–Crippen LogP) is 3.44. The number of amides is 1. The molecular weight excluding hydrogens is 439 g/mol. The van der Waals surface area contributed by atoms with Crippen molar-refractivity contribution in [3.05, 3.63) is 57.0 Å². The number of benzene rings is 2. The highest BCUT2D eigenvalue weighted by Crippen LogP contribution is 2.37. The van der Waals surface area contributed by atoms with Crippen molar-refractivity contribution in [2.45, 2.75) is 24.4 Å². The Kier molecular flexibility index (Phi) is 6.96. The third-order valence-corrected chi connectivity index (χ3v) is 6.59. The van der Waals surface area contributed by atoms with Gasteiger partial charge < -0.3 is 5.11 Å². The summed E-state index contributed by atoms with van der Waals surface area (Å²) >= 11 is 17.8. The van der Waals surface area contributed by atoms with Crippen molar-refractivity contribution in [2.24, 2.45) is 0 Å². The van der Waals surface area contributed by atoms with E-state index in [2.05, 4.69) is 0 Å². The number of aromatic hydroxyl groups is 1. The number of hydroxylamine groups is 1. The number of nitrogens with zero attached hydrogens (tertiary/aromatic N) is 1. The second-order valence-corrected chi connectivity index (χ2v) is 8.64. The molecule has 0 fully saturated rings. The summed E-state index contributed by atoms with van der Waals surface area (Å²) in [5.74, 6) is -1.68. The first kappa shape index (κ1) is 21.7. The number of carbonyl (C=O) groups excluding carboxylic acids is 1. The van der Waals surface area contributed by atoms with Crippen LogP contribution in [0.3, 0.4) is 0 Å². The van der Waals surface area contributed by atoms with Crippen LogP contribution in [-0.4, -0.2) is 35.0 Å². The van der Waals surface area contributed by atoms with Crippen molar-refractivity contribution in [3.8, 4) is 5.75 Å². The Morgan fingerprint density at radius 1 is 1.19 bits per heavy atom. The highest BCUT2D eigenvalue weighted by Gasteiger charge is 2.36. The summed E-state index contributed by atoms with van der Waals surface area (Å²) in [6.07, 6.45) is 0. The van der Waals surface area contributed by atoms with E-state index in [0.29, 0.717) is 5.56 Å². The minimum atomic E-state index is -4.46. The number of rotatable bonds is 6. The smallest absolute Gasteiger partial charge is 0.261 e. The summed E-state index contributed by atoms with van der Waals surface area (Å²) < 4.78 is 27.1. The van der Waals surface area contributed by atoms with Crippen LogP contribution in [-0.2, 0) is 21.4 Å². The molecule has 0 aliphatic carbocycles. The van der Waals surface area contributed by atoms with Crippen molar-refractivity contribution < 1.29 is 23.5 Å². The lowest BCUT2D eigenvalue weighted by atomic mass is 10.2. The highest BCUT2D eigenvalue weighted by atomic mass is 35.5. The second kappa shape index (κ2) is 8.64. The SMILES string of the molecule is CC(C(=O)NO)N(Cc1ccccc1Cl)S(=O)(=O)c1cc(Cl)cc(Cl)c1O. The van der Waals surface area contributed by atoms with Crippen molar-refractivity contribution in [3.63, 3.8) is 0 Å². The van der Waals surface area contributed by atoms with E-state index in [0.717, 1.165) is 10.4 Å². The molecule has 2 aromatic rings. The minimum absolute atomic E-state index is 0.0201. The fourth-order valence-electron chi connectivity index (χ4n) is 2.31. The fraction of sp³-hybridized carbons (Fsp3) is 0.188. The number of nitrogens with one attached hydrogen (secondary N) is 1. The van der Waals surface area contributed by atoms with Crippen LogP contribution in [0.5, 0.6) is 5.75 Å². The zero-order valence-electron chi connectivity index (χ0n) is 13.9. The minimum Gasteiger partial charge on any atom is -0.505 e. The van der Waals surface area contributed by atoms with E-state index >= 15 is 0 Å². The van der Waals surface area contributed by atoms with Crippen molar-refractivity contribution in [2.75, 3.05) is 0 Å². The average molecular weight is 454 g/mol. The van der Waals surface area contributed by atoms with E-state index in [4.69, 9.17) is 40.0 Å². The van der Waals surface area contributed by atoms with Gasteiger partial charge >= 0.3 is 0 Å². The summed E-state index contributed by atoms with van der Waals surface area (Å²) in [7, 11) is -4.46. The van der Waals surface area contributed by atoms with Crippen molar-refractivity contribution >= 4 is 50.7 Å². The van der Waals surface area contributed by atoms with Crippen LogP contribution < -0.4 is 5.48 Å². The van der Waals surface area contributed by atoms with Crippen LogP contribution in [0.1, 0.15) is 12.5 Å². The number of phenols is 1. The molecule has 0 aromatic heterocycles. The van der Waals surface area contributed by atoms with Crippen LogP contribution in [0.4, 0.5) is 0 Å². The number of carbonyl (C=O) groups is 1. The molecule has 1 unspecified atom stereocenters. The molecule has 0 aliphatic rings. The lowest BCUT2D eigenvalue weighted by molar-refractivity contribution is -0.132. The van der Waals surface area contributed by atoms with E-state index < -0.39 is 32.6 Å². The highest BCUT2D eigenvalue weighted by molar-refractivity contribution is 7.89. The first-order chi connectivity index (χ1) is 12.6. The molecule has 3 N–H and O–H groups in total. The molecule has 1 atom stereocenters. The summed E-state index contributed by atoms with van der Waals surface area (Å²) in [5, 5.41) is 19.0.